The van der Waals surface area contributed by atoms with E-state index in [1.54, 1.807) is 0 Å². The van der Waals surface area contributed by atoms with Crippen molar-refractivity contribution in [3.63, 3.8) is 0 Å². The van der Waals surface area contributed by atoms with Crippen LogP contribution >= 0.6 is 0 Å². The lowest BCUT2D eigenvalue weighted by molar-refractivity contribution is -0.134. The van der Waals surface area contributed by atoms with E-state index in [0.717, 1.165) is 25.9 Å². The first kappa shape index (κ1) is 11.9. The number of nitrogens with zero attached hydrogens (tertiary/aromatic N) is 1. The molecule has 1 aliphatic heterocycles. The highest BCUT2D eigenvalue weighted by molar-refractivity contribution is 5.81. The highest BCUT2D eigenvalue weighted by atomic mass is 16.2. The molecule has 1 saturated heterocycles. The average Bonchev–Trinajstić information content (AvgIpc) is 3.08. The maximum absolute atomic E-state index is 12.2. The summed E-state index contributed by atoms with van der Waals surface area (Å²) < 4.78 is 0. The monoisotopic (exact) mass is 224 g/mol. The Hall–Kier alpha value is -0.570. The molecule has 3 atom stereocenters. The molecular formula is C13H24N2O. The number of piperidine rings is 1. The van der Waals surface area contributed by atoms with E-state index in [4.69, 9.17) is 0 Å². The quantitative estimate of drug-likeness (QED) is 0.787. The van der Waals surface area contributed by atoms with Gasteiger partial charge >= 0.3 is 0 Å². The van der Waals surface area contributed by atoms with E-state index in [2.05, 4.69) is 19.2 Å². The summed E-state index contributed by atoms with van der Waals surface area (Å²) in [6, 6.07) is 0.426. The Morgan fingerprint density at radius 3 is 2.69 bits per heavy atom. The van der Waals surface area contributed by atoms with Crippen LogP contribution in [-0.4, -0.2) is 37.0 Å². The zero-order chi connectivity index (χ0) is 11.7. The second-order valence-corrected chi connectivity index (χ2v) is 5.70. The molecule has 1 aliphatic carbocycles. The minimum Gasteiger partial charge on any atom is -0.341 e. The minimum absolute atomic E-state index is 0.326. The molecular weight excluding hydrogens is 200 g/mol. The SMILES string of the molecule is CC(C)[C@@H]1C[C@H]1C(=O)N(C)[C@@H]1CCCNC1. The molecule has 2 fully saturated rings. The number of hydrogen-bond acceptors (Lipinski definition) is 2. The molecule has 1 saturated carbocycles. The Balaban J connectivity index is 1.85. The van der Waals surface area contributed by atoms with Crippen molar-refractivity contribution >= 4 is 5.91 Å². The molecule has 0 spiro atoms. The van der Waals surface area contributed by atoms with Gasteiger partial charge < -0.3 is 10.2 Å². The summed E-state index contributed by atoms with van der Waals surface area (Å²) in [6.45, 7) is 6.53. The molecule has 0 unspecified atom stereocenters. The molecule has 0 bridgehead atoms. The summed E-state index contributed by atoms with van der Waals surface area (Å²) >= 11 is 0. The number of hydrogen-bond donors (Lipinski definition) is 1. The van der Waals surface area contributed by atoms with Gasteiger partial charge in [0.15, 0.2) is 0 Å². The predicted octanol–water partition coefficient (Wildman–Crippen LogP) is 1.49. The summed E-state index contributed by atoms with van der Waals surface area (Å²) in [4.78, 5) is 14.2. The van der Waals surface area contributed by atoms with E-state index in [1.165, 1.54) is 6.42 Å². The number of likely N-dealkylation sites (N-methyl/N-ethyl adjacent to an activating group) is 1. The van der Waals surface area contributed by atoms with Crippen molar-refractivity contribution in [3.05, 3.63) is 0 Å². The van der Waals surface area contributed by atoms with Gasteiger partial charge in [-0.25, -0.2) is 0 Å². The van der Waals surface area contributed by atoms with Gasteiger partial charge in [-0.3, -0.25) is 4.79 Å². The minimum atomic E-state index is 0.326. The highest BCUT2D eigenvalue weighted by Crippen LogP contribution is 2.45. The summed E-state index contributed by atoms with van der Waals surface area (Å²) in [5.74, 6) is 2.01. The number of nitrogens with one attached hydrogen (secondary N) is 1. The fourth-order valence-electron chi connectivity index (χ4n) is 2.84. The second kappa shape index (κ2) is 4.74. The van der Waals surface area contributed by atoms with Crippen molar-refractivity contribution in [2.24, 2.45) is 17.8 Å². The van der Waals surface area contributed by atoms with Gasteiger partial charge in [-0.1, -0.05) is 13.8 Å². The lowest BCUT2D eigenvalue weighted by Gasteiger charge is -2.32. The van der Waals surface area contributed by atoms with Crippen LogP contribution in [0.4, 0.5) is 0 Å². The lowest BCUT2D eigenvalue weighted by atomic mass is 10.0. The molecule has 0 aromatic heterocycles. The van der Waals surface area contributed by atoms with E-state index in [1.807, 2.05) is 11.9 Å². The van der Waals surface area contributed by atoms with Crippen molar-refractivity contribution in [1.82, 2.24) is 10.2 Å². The third-order valence-corrected chi connectivity index (χ3v) is 4.18. The molecule has 3 heteroatoms. The first-order chi connectivity index (χ1) is 7.61. The Morgan fingerprint density at radius 2 is 2.19 bits per heavy atom. The molecule has 3 nitrogen and oxygen atoms in total. The van der Waals surface area contributed by atoms with Gasteiger partial charge in [0.1, 0.15) is 0 Å². The van der Waals surface area contributed by atoms with Gasteiger partial charge in [0.2, 0.25) is 5.91 Å². The van der Waals surface area contributed by atoms with E-state index >= 15 is 0 Å². The Bertz CT molecular complexity index is 259. The smallest absolute Gasteiger partial charge is 0.226 e. The number of carbonyl (C=O) groups is 1. The van der Waals surface area contributed by atoms with Crippen molar-refractivity contribution in [2.45, 2.75) is 39.2 Å². The summed E-state index contributed by atoms with van der Waals surface area (Å²) in [5, 5.41) is 3.37. The van der Waals surface area contributed by atoms with Crippen LogP contribution in [0.2, 0.25) is 0 Å². The maximum atomic E-state index is 12.2. The van der Waals surface area contributed by atoms with Crippen LogP contribution in [0, 0.1) is 17.8 Å². The number of amides is 1. The topological polar surface area (TPSA) is 32.3 Å². The standard InChI is InChI=1S/C13H24N2O/c1-9(2)11-7-12(11)13(16)15(3)10-5-4-6-14-8-10/h9-12,14H,4-8H2,1-3H3/t10-,11+,12-/m1/s1. The van der Waals surface area contributed by atoms with Crippen LogP contribution in [0.15, 0.2) is 0 Å². The van der Waals surface area contributed by atoms with Crippen molar-refractivity contribution in [3.8, 4) is 0 Å². The molecule has 0 aromatic carbocycles. The van der Waals surface area contributed by atoms with Crippen LogP contribution in [0.25, 0.3) is 0 Å². The maximum Gasteiger partial charge on any atom is 0.226 e. The molecule has 0 aromatic rings. The van der Waals surface area contributed by atoms with Crippen molar-refractivity contribution in [2.75, 3.05) is 20.1 Å². The Kier molecular flexibility index (Phi) is 3.53. The molecule has 1 heterocycles. The van der Waals surface area contributed by atoms with Crippen molar-refractivity contribution in [1.29, 1.82) is 0 Å². The second-order valence-electron chi connectivity index (χ2n) is 5.70. The summed E-state index contributed by atoms with van der Waals surface area (Å²) in [7, 11) is 1.98. The fourth-order valence-corrected chi connectivity index (χ4v) is 2.84. The van der Waals surface area contributed by atoms with Crippen LogP contribution in [0.3, 0.4) is 0 Å². The number of rotatable bonds is 3. The van der Waals surface area contributed by atoms with E-state index in [0.29, 0.717) is 29.7 Å². The molecule has 1 N–H and O–H groups in total. The molecule has 1 amide bonds. The third-order valence-electron chi connectivity index (χ3n) is 4.18. The zero-order valence-corrected chi connectivity index (χ0v) is 10.7. The Labute approximate surface area is 98.6 Å². The normalized spacial score (nSPS) is 33.9. The van der Waals surface area contributed by atoms with E-state index < -0.39 is 0 Å². The van der Waals surface area contributed by atoms with Gasteiger partial charge in [0.05, 0.1) is 0 Å². The van der Waals surface area contributed by atoms with Gasteiger partial charge in [0.25, 0.3) is 0 Å². The lowest BCUT2D eigenvalue weighted by Crippen LogP contribution is -2.47. The molecule has 2 aliphatic rings. The molecule has 92 valence electrons. The highest BCUT2D eigenvalue weighted by Gasteiger charge is 2.46. The van der Waals surface area contributed by atoms with Crippen LogP contribution in [0.1, 0.15) is 33.1 Å². The van der Waals surface area contributed by atoms with Gasteiger partial charge in [-0.15, -0.1) is 0 Å². The first-order valence-electron chi connectivity index (χ1n) is 6.58. The van der Waals surface area contributed by atoms with Crippen LogP contribution in [-0.2, 0) is 4.79 Å². The largest absolute Gasteiger partial charge is 0.341 e. The predicted molar refractivity (Wildman–Crippen MR) is 65.1 cm³/mol. The first-order valence-corrected chi connectivity index (χ1v) is 6.58. The Morgan fingerprint density at radius 1 is 1.44 bits per heavy atom. The average molecular weight is 224 g/mol. The third kappa shape index (κ3) is 2.40. The van der Waals surface area contributed by atoms with Crippen molar-refractivity contribution < 1.29 is 4.79 Å². The van der Waals surface area contributed by atoms with Gasteiger partial charge in [-0.05, 0) is 37.6 Å². The van der Waals surface area contributed by atoms with E-state index in [9.17, 15) is 4.79 Å². The van der Waals surface area contributed by atoms with Crippen LogP contribution < -0.4 is 5.32 Å². The van der Waals surface area contributed by atoms with E-state index in [-0.39, 0.29) is 0 Å². The van der Waals surface area contributed by atoms with Crippen LogP contribution in [0.5, 0.6) is 0 Å². The summed E-state index contributed by atoms with van der Waals surface area (Å²) in [5.41, 5.74) is 0. The van der Waals surface area contributed by atoms with Gasteiger partial charge in [0, 0.05) is 25.6 Å². The molecule has 2 rings (SSSR count). The summed E-state index contributed by atoms with van der Waals surface area (Å²) in [6.07, 6.45) is 3.47. The van der Waals surface area contributed by atoms with Gasteiger partial charge in [-0.2, -0.15) is 0 Å². The number of carbonyl (C=O) groups excluding carboxylic acids is 1. The fraction of sp³-hybridized carbons (Fsp3) is 0.923. The zero-order valence-electron chi connectivity index (χ0n) is 10.7. The molecule has 16 heavy (non-hydrogen) atoms. The molecule has 0 radical (unpaired) electrons.